The Morgan fingerprint density at radius 1 is 0.970 bits per heavy atom. The highest BCUT2D eigenvalue weighted by Gasteiger charge is 2.66. The molecule has 0 aromatic heterocycles. The normalized spacial score (nSPS) is 50.5. The summed E-state index contributed by atoms with van der Waals surface area (Å²) in [4.78, 5) is 0. The third-order valence-electron chi connectivity index (χ3n) is 12.9. The van der Waals surface area contributed by atoms with E-state index in [4.69, 9.17) is 0 Å². The monoisotopic (exact) mass is 451 g/mol. The summed E-state index contributed by atoms with van der Waals surface area (Å²) < 4.78 is 0. The van der Waals surface area contributed by atoms with Crippen LogP contribution in [-0.2, 0) is 0 Å². The van der Waals surface area contributed by atoms with Gasteiger partial charge in [0, 0.05) is 5.54 Å². The van der Waals surface area contributed by atoms with E-state index in [0.717, 1.165) is 35.5 Å². The zero-order chi connectivity index (χ0) is 23.8. The Hall–Kier alpha value is -0.560. The van der Waals surface area contributed by atoms with Crippen molar-refractivity contribution in [2.75, 3.05) is 6.54 Å². The van der Waals surface area contributed by atoms with E-state index in [1.807, 2.05) is 0 Å². The van der Waals surface area contributed by atoms with E-state index in [2.05, 4.69) is 66.4 Å². The van der Waals surface area contributed by atoms with Gasteiger partial charge in [0.05, 0.1) is 0 Å². The van der Waals surface area contributed by atoms with Crippen molar-refractivity contribution in [1.29, 1.82) is 0 Å². The molecule has 4 fully saturated rings. The Bertz CT molecular complexity index is 820. The lowest BCUT2D eigenvalue weighted by atomic mass is 9.37. The highest BCUT2D eigenvalue weighted by atomic mass is 15.0. The second-order valence-corrected chi connectivity index (χ2v) is 14.5. The maximum Gasteiger partial charge on any atom is 0.0218 e. The van der Waals surface area contributed by atoms with Gasteiger partial charge in [0.1, 0.15) is 0 Å². The third kappa shape index (κ3) is 3.26. The molecule has 1 nitrogen and oxygen atoms in total. The molecule has 0 aliphatic heterocycles. The van der Waals surface area contributed by atoms with Crippen LogP contribution in [0, 0.1) is 51.8 Å². The molecule has 0 aromatic rings. The highest BCUT2D eigenvalue weighted by molar-refractivity contribution is 5.25. The molecule has 0 amide bonds. The second-order valence-electron chi connectivity index (χ2n) is 14.5. The van der Waals surface area contributed by atoms with Crippen LogP contribution in [0.4, 0.5) is 0 Å². The minimum atomic E-state index is 0.369. The van der Waals surface area contributed by atoms with Crippen molar-refractivity contribution in [1.82, 2.24) is 5.32 Å². The lowest BCUT2D eigenvalue weighted by Crippen LogP contribution is -2.64. The molecule has 0 heterocycles. The molecule has 0 radical (unpaired) electrons. The fraction of sp³-hybridized carbons (Fsp3) is 0.875. The number of rotatable bonds is 4. The van der Waals surface area contributed by atoms with E-state index in [0.29, 0.717) is 21.8 Å². The maximum atomic E-state index is 4.53. The average molecular weight is 452 g/mol. The Labute approximate surface area is 205 Å². The van der Waals surface area contributed by atoms with Crippen LogP contribution in [0.25, 0.3) is 0 Å². The smallest absolute Gasteiger partial charge is 0.0218 e. The molecule has 0 bridgehead atoms. The van der Waals surface area contributed by atoms with Crippen molar-refractivity contribution >= 4 is 0 Å². The first-order chi connectivity index (χ1) is 15.5. The minimum Gasteiger partial charge on any atom is -0.311 e. The minimum absolute atomic E-state index is 0.369. The quantitative estimate of drug-likeness (QED) is 0.422. The van der Waals surface area contributed by atoms with Gasteiger partial charge in [-0.15, -0.1) is 0 Å². The summed E-state index contributed by atoms with van der Waals surface area (Å²) in [6.07, 6.45) is 16.7. The second kappa shape index (κ2) is 7.97. The predicted octanol–water partition coefficient (Wildman–Crippen LogP) is 8.56. The molecular weight excluding hydrogens is 398 g/mol. The molecule has 186 valence electrons. The predicted molar refractivity (Wildman–Crippen MR) is 142 cm³/mol. The largest absolute Gasteiger partial charge is 0.311 e. The molecule has 5 aliphatic rings. The first kappa shape index (κ1) is 24.1. The van der Waals surface area contributed by atoms with E-state index in [-0.39, 0.29) is 0 Å². The standard InChI is InChI=1S/C32H53N/c1-9-20-33-32-18-13-23(21(2)3)28(32)24-10-11-27-30(7,25(24)14-19-32)17-15-26-29(5,6)22(4)12-16-31(26,27)8/h12,23-28,33H,2,9-11,13-20H2,1,3-8H3/t23-,24-,25+,26-,27-,28+,30-,31-,32-/m0/s1. The summed E-state index contributed by atoms with van der Waals surface area (Å²) in [6.45, 7) is 23.4. The fourth-order valence-corrected chi connectivity index (χ4v) is 11.2. The van der Waals surface area contributed by atoms with Gasteiger partial charge in [0.2, 0.25) is 0 Å². The number of fused-ring (bicyclic) bond motifs is 7. The Kier molecular flexibility index (Phi) is 5.84. The van der Waals surface area contributed by atoms with Crippen molar-refractivity contribution in [3.8, 4) is 0 Å². The third-order valence-corrected chi connectivity index (χ3v) is 12.9. The first-order valence-electron chi connectivity index (χ1n) is 14.6. The van der Waals surface area contributed by atoms with Gasteiger partial charge >= 0.3 is 0 Å². The molecular formula is C32H53N. The van der Waals surface area contributed by atoms with E-state index in [1.54, 1.807) is 5.57 Å². The van der Waals surface area contributed by atoms with Crippen molar-refractivity contribution in [2.45, 2.75) is 118 Å². The van der Waals surface area contributed by atoms with Gasteiger partial charge in [0.25, 0.3) is 0 Å². The SMILES string of the molecule is C=C(C)[C@@H]1CC[C@]2(NCCC)CC[C@@H]3[C@H](CC[C@H]4[C@@]3(C)CC[C@H]3C(C)(C)C(C)=CC[C@]43C)[C@@H]12. The van der Waals surface area contributed by atoms with Gasteiger partial charge < -0.3 is 5.32 Å². The molecule has 9 atom stereocenters. The summed E-state index contributed by atoms with van der Waals surface area (Å²) in [6, 6.07) is 0. The molecule has 33 heavy (non-hydrogen) atoms. The maximum absolute atomic E-state index is 4.53. The Morgan fingerprint density at radius 3 is 2.39 bits per heavy atom. The lowest BCUT2D eigenvalue weighted by molar-refractivity contribution is -0.177. The number of allylic oxidation sites excluding steroid dienone is 3. The van der Waals surface area contributed by atoms with Crippen molar-refractivity contribution in [2.24, 2.45) is 51.8 Å². The van der Waals surface area contributed by atoms with Gasteiger partial charge in [0.15, 0.2) is 0 Å². The summed E-state index contributed by atoms with van der Waals surface area (Å²) in [5.74, 6) is 5.15. The zero-order valence-corrected chi connectivity index (χ0v) is 23.0. The number of hydrogen-bond acceptors (Lipinski definition) is 1. The summed E-state index contributed by atoms with van der Waals surface area (Å²) in [7, 11) is 0. The molecule has 0 spiro atoms. The van der Waals surface area contributed by atoms with Gasteiger partial charge in [-0.1, -0.05) is 58.4 Å². The van der Waals surface area contributed by atoms with Gasteiger partial charge in [-0.2, -0.15) is 0 Å². The molecule has 0 aromatic carbocycles. The van der Waals surface area contributed by atoms with Gasteiger partial charge in [-0.3, -0.25) is 0 Å². The van der Waals surface area contributed by atoms with Crippen LogP contribution in [0.2, 0.25) is 0 Å². The molecule has 0 saturated heterocycles. The van der Waals surface area contributed by atoms with Crippen molar-refractivity contribution in [3.05, 3.63) is 23.8 Å². The summed E-state index contributed by atoms with van der Waals surface area (Å²) in [5.41, 5.74) is 4.91. The van der Waals surface area contributed by atoms with Gasteiger partial charge in [-0.05, 0) is 136 Å². The number of hydrogen-bond donors (Lipinski definition) is 1. The van der Waals surface area contributed by atoms with Crippen LogP contribution in [0.15, 0.2) is 23.8 Å². The van der Waals surface area contributed by atoms with E-state index in [9.17, 15) is 0 Å². The van der Waals surface area contributed by atoms with Crippen LogP contribution < -0.4 is 5.32 Å². The molecule has 4 saturated carbocycles. The molecule has 5 rings (SSSR count). The topological polar surface area (TPSA) is 12.0 Å². The molecule has 5 aliphatic carbocycles. The van der Waals surface area contributed by atoms with Crippen LogP contribution in [-0.4, -0.2) is 12.1 Å². The van der Waals surface area contributed by atoms with Crippen LogP contribution in [0.3, 0.4) is 0 Å². The van der Waals surface area contributed by atoms with Crippen molar-refractivity contribution in [3.63, 3.8) is 0 Å². The summed E-state index contributed by atoms with van der Waals surface area (Å²) in [5, 5.41) is 4.17. The fourth-order valence-electron chi connectivity index (χ4n) is 11.2. The van der Waals surface area contributed by atoms with E-state index < -0.39 is 0 Å². The van der Waals surface area contributed by atoms with E-state index in [1.165, 1.54) is 76.3 Å². The van der Waals surface area contributed by atoms with Gasteiger partial charge in [-0.25, -0.2) is 0 Å². The Morgan fingerprint density at radius 2 is 1.70 bits per heavy atom. The number of nitrogens with one attached hydrogen (secondary N) is 1. The highest BCUT2D eigenvalue weighted by Crippen LogP contribution is 2.72. The lowest BCUT2D eigenvalue weighted by Gasteiger charge is -2.68. The molecule has 1 heteroatoms. The molecule has 1 N–H and O–H groups in total. The van der Waals surface area contributed by atoms with E-state index >= 15 is 0 Å². The Balaban J connectivity index is 1.49. The van der Waals surface area contributed by atoms with Crippen LogP contribution in [0.1, 0.15) is 113 Å². The van der Waals surface area contributed by atoms with Crippen molar-refractivity contribution < 1.29 is 0 Å². The molecule has 0 unspecified atom stereocenters. The average Bonchev–Trinajstić information content (AvgIpc) is 3.15. The van der Waals surface area contributed by atoms with Crippen LogP contribution >= 0.6 is 0 Å². The zero-order valence-electron chi connectivity index (χ0n) is 23.0. The summed E-state index contributed by atoms with van der Waals surface area (Å²) >= 11 is 0. The first-order valence-corrected chi connectivity index (χ1v) is 14.6. The van der Waals surface area contributed by atoms with Crippen LogP contribution in [0.5, 0.6) is 0 Å².